The summed E-state index contributed by atoms with van der Waals surface area (Å²) >= 11 is -0.563. The molecule has 0 radical (unpaired) electrons. The van der Waals surface area contributed by atoms with Gasteiger partial charge in [-0.3, -0.25) is 4.72 Å². The Morgan fingerprint density at radius 1 is 1.33 bits per heavy atom. The monoisotopic (exact) mass is 445 g/mol. The Morgan fingerprint density at radius 2 is 2.17 bits per heavy atom. The zero-order chi connectivity index (χ0) is 21.3. The minimum absolute atomic E-state index is 0.000130. The maximum Gasteiger partial charge on any atom is 0.340 e. The fourth-order valence-electron chi connectivity index (χ4n) is 3.10. The van der Waals surface area contributed by atoms with Crippen molar-refractivity contribution in [2.24, 2.45) is 5.14 Å². The van der Waals surface area contributed by atoms with Crippen LogP contribution in [0.2, 0.25) is 0 Å². The van der Waals surface area contributed by atoms with E-state index in [2.05, 4.69) is 9.71 Å². The van der Waals surface area contributed by atoms with Gasteiger partial charge in [0.15, 0.2) is 17.0 Å². The Morgan fingerprint density at radius 3 is 2.90 bits per heavy atom. The highest BCUT2D eigenvalue weighted by Gasteiger charge is 2.16. The van der Waals surface area contributed by atoms with Crippen molar-refractivity contribution in [1.29, 1.82) is 0 Å². The molecule has 0 aliphatic heterocycles. The van der Waals surface area contributed by atoms with Crippen molar-refractivity contribution in [2.45, 2.75) is 13.3 Å². The largest absolute Gasteiger partial charge is 0.431 e. The zero-order valence-electron chi connectivity index (χ0n) is 15.7. The minimum atomic E-state index is -1.91. The van der Waals surface area contributed by atoms with Gasteiger partial charge in [0.2, 0.25) is 0 Å². The van der Waals surface area contributed by atoms with Gasteiger partial charge in [-0.25, -0.2) is 23.5 Å². The lowest BCUT2D eigenvalue weighted by molar-refractivity contribution is 0.476. The van der Waals surface area contributed by atoms with Crippen LogP contribution in [0, 0.1) is 12.7 Å². The first-order valence-electron chi connectivity index (χ1n) is 8.76. The molecule has 30 heavy (non-hydrogen) atoms. The zero-order valence-corrected chi connectivity index (χ0v) is 17.3. The maximum absolute atomic E-state index is 14.7. The summed E-state index contributed by atoms with van der Waals surface area (Å²) in [7, 11) is 0. The highest BCUT2D eigenvalue weighted by Crippen LogP contribution is 2.29. The molecule has 7 nitrogen and oxygen atoms in total. The smallest absolute Gasteiger partial charge is 0.340 e. The summed E-state index contributed by atoms with van der Waals surface area (Å²) in [6.07, 6.45) is 1.65. The predicted octanol–water partition coefficient (Wildman–Crippen LogP) is 4.03. The van der Waals surface area contributed by atoms with Gasteiger partial charge in [-0.2, -0.15) is 0 Å². The molecule has 0 saturated heterocycles. The highest BCUT2D eigenvalue weighted by atomic mass is 32.2. The van der Waals surface area contributed by atoms with E-state index in [1.54, 1.807) is 48.8 Å². The number of nitrogens with zero attached hydrogens (tertiary/aromatic N) is 1. The van der Waals surface area contributed by atoms with Crippen LogP contribution in [0.4, 0.5) is 10.1 Å². The van der Waals surface area contributed by atoms with Gasteiger partial charge in [0.05, 0.1) is 5.69 Å². The molecule has 1 atom stereocenters. The molecule has 0 aliphatic rings. The van der Waals surface area contributed by atoms with E-state index in [-0.39, 0.29) is 17.7 Å². The summed E-state index contributed by atoms with van der Waals surface area (Å²) < 4.78 is 39.3. The van der Waals surface area contributed by atoms with Gasteiger partial charge in [-0.15, -0.1) is 0 Å². The number of nitrogens with one attached hydrogen (secondary N) is 1. The summed E-state index contributed by atoms with van der Waals surface area (Å²) in [5, 5.41) is 8.17. The first-order valence-corrected chi connectivity index (χ1v) is 10.9. The molecule has 0 aliphatic carbocycles. The molecular formula is C20H16FN3O4S2. The molecular weight excluding hydrogens is 429 g/mol. The van der Waals surface area contributed by atoms with E-state index in [1.807, 2.05) is 0 Å². The van der Waals surface area contributed by atoms with E-state index in [1.165, 1.54) is 17.4 Å². The second kappa shape index (κ2) is 8.34. The fourth-order valence-corrected chi connectivity index (χ4v) is 3.98. The van der Waals surface area contributed by atoms with Crippen LogP contribution in [0.25, 0.3) is 11.0 Å². The summed E-state index contributed by atoms with van der Waals surface area (Å²) in [6.45, 7) is 1.78. The third-order valence-corrected chi connectivity index (χ3v) is 5.60. The normalized spacial score (nSPS) is 12.1. The molecule has 4 aromatic rings. The van der Waals surface area contributed by atoms with Crippen LogP contribution in [0.5, 0.6) is 10.9 Å². The topological polar surface area (TPSA) is 107 Å². The lowest BCUT2D eigenvalue weighted by Gasteiger charge is -2.11. The third kappa shape index (κ3) is 4.11. The number of fused-ring (bicyclic) bond motifs is 1. The van der Waals surface area contributed by atoms with Crippen molar-refractivity contribution in [3.8, 4) is 10.9 Å². The van der Waals surface area contributed by atoms with Gasteiger partial charge >= 0.3 is 5.63 Å². The number of hydrogen-bond donors (Lipinski definition) is 2. The highest BCUT2D eigenvalue weighted by molar-refractivity contribution is 7.84. The lowest BCUT2D eigenvalue weighted by Crippen LogP contribution is -2.15. The summed E-state index contributed by atoms with van der Waals surface area (Å²) in [4.78, 5) is 16.7. The quantitative estimate of drug-likeness (QED) is 0.436. The van der Waals surface area contributed by atoms with Gasteiger partial charge in [0.25, 0.3) is 5.19 Å². The Balaban J connectivity index is 1.70. The lowest BCUT2D eigenvalue weighted by atomic mass is 9.99. The van der Waals surface area contributed by atoms with Crippen LogP contribution in [0.1, 0.15) is 16.7 Å². The fraction of sp³-hybridized carbons (Fsp3) is 0.100. The van der Waals surface area contributed by atoms with Crippen molar-refractivity contribution < 1.29 is 17.8 Å². The van der Waals surface area contributed by atoms with E-state index in [4.69, 9.17) is 14.3 Å². The first-order chi connectivity index (χ1) is 14.4. The van der Waals surface area contributed by atoms with E-state index >= 15 is 0 Å². The van der Waals surface area contributed by atoms with Crippen molar-refractivity contribution in [3.63, 3.8) is 0 Å². The van der Waals surface area contributed by atoms with E-state index in [0.29, 0.717) is 33.0 Å². The van der Waals surface area contributed by atoms with Gasteiger partial charge in [0, 0.05) is 35.0 Å². The van der Waals surface area contributed by atoms with Gasteiger partial charge < -0.3 is 9.15 Å². The average molecular weight is 445 g/mol. The van der Waals surface area contributed by atoms with E-state index in [0.717, 1.165) is 0 Å². The number of anilines is 1. The van der Waals surface area contributed by atoms with Gasteiger partial charge in [-0.05, 0) is 36.2 Å². The van der Waals surface area contributed by atoms with Crippen LogP contribution >= 0.6 is 11.3 Å². The van der Waals surface area contributed by atoms with Crippen LogP contribution in [-0.2, 0) is 17.6 Å². The summed E-state index contributed by atoms with van der Waals surface area (Å²) in [6, 6.07) is 9.72. The number of halogens is 1. The standard InChI is InChI=1S/C20H16FN3O4S2/c1-11-14-6-5-13(27-20-23-7-8-29-20)10-17(14)28-19(25)15(11)9-12-3-2-4-16(18(12)21)24-30(22)26/h2-8,10,24H,9,22H2,1H3. The van der Waals surface area contributed by atoms with Gasteiger partial charge in [-0.1, -0.05) is 23.5 Å². The molecule has 2 heterocycles. The van der Waals surface area contributed by atoms with Crippen molar-refractivity contribution >= 4 is 39.2 Å². The molecule has 4 rings (SSSR count). The molecule has 0 bridgehead atoms. The van der Waals surface area contributed by atoms with Crippen LogP contribution in [0.15, 0.2) is 57.2 Å². The van der Waals surface area contributed by atoms with Crippen LogP contribution in [0.3, 0.4) is 0 Å². The predicted molar refractivity (Wildman–Crippen MR) is 115 cm³/mol. The van der Waals surface area contributed by atoms with Gasteiger partial charge in [0.1, 0.15) is 11.3 Å². The molecule has 0 amide bonds. The van der Waals surface area contributed by atoms with E-state index < -0.39 is 22.6 Å². The summed E-state index contributed by atoms with van der Waals surface area (Å²) in [5.74, 6) is -0.130. The van der Waals surface area contributed by atoms with Crippen molar-refractivity contribution in [1.82, 2.24) is 4.98 Å². The Hall–Kier alpha value is -3.08. The molecule has 1 unspecified atom stereocenters. The number of thiazole rings is 1. The first kappa shape index (κ1) is 20.2. The molecule has 0 fully saturated rings. The molecule has 2 aromatic carbocycles. The number of hydrogen-bond acceptors (Lipinski definition) is 6. The maximum atomic E-state index is 14.7. The molecule has 2 aromatic heterocycles. The molecule has 3 N–H and O–H groups in total. The Kier molecular flexibility index (Phi) is 5.62. The minimum Gasteiger partial charge on any atom is -0.431 e. The number of ether oxygens (including phenoxy) is 1. The average Bonchev–Trinajstić information content (AvgIpc) is 3.20. The van der Waals surface area contributed by atoms with E-state index in [9.17, 15) is 13.4 Å². The number of rotatable bonds is 6. The second-order valence-corrected chi connectivity index (χ2v) is 8.06. The molecule has 10 heteroatoms. The number of benzene rings is 2. The van der Waals surface area contributed by atoms with Crippen LogP contribution in [-0.4, -0.2) is 9.19 Å². The molecule has 0 spiro atoms. The third-order valence-electron chi connectivity index (χ3n) is 4.53. The number of aryl methyl sites for hydroxylation is 1. The van der Waals surface area contributed by atoms with Crippen molar-refractivity contribution in [3.05, 3.63) is 80.9 Å². The number of aromatic nitrogens is 1. The SMILES string of the molecule is Cc1c(Cc2cccc(NS(N)=O)c2F)c(=O)oc2cc(Oc3nccs3)ccc12. The van der Waals surface area contributed by atoms with Crippen molar-refractivity contribution in [2.75, 3.05) is 4.72 Å². The molecule has 154 valence electrons. The Labute approximate surface area is 177 Å². The summed E-state index contributed by atoms with van der Waals surface area (Å²) in [5.41, 5.74) is 1.07. The second-order valence-electron chi connectivity index (χ2n) is 6.41. The van der Waals surface area contributed by atoms with Crippen LogP contribution < -0.4 is 20.2 Å². The molecule has 0 saturated carbocycles. The number of nitrogens with two attached hydrogens (primary N) is 1. The Bertz CT molecular complexity index is 1310.